The highest BCUT2D eigenvalue weighted by atomic mass is 16.5. The molecule has 3 rings (SSSR count). The first-order valence-corrected chi connectivity index (χ1v) is 6.73. The standard InChI is InChI=1S/C15H19N3O/c1-18-8-6-12(7-9-18)11-2-4-13(5-3-11)14-10-17-19-15(14)16/h2-5,10,12H,6-9,16H2,1H3. The Kier molecular flexibility index (Phi) is 3.25. The molecule has 19 heavy (non-hydrogen) atoms. The van der Waals surface area contributed by atoms with Gasteiger partial charge in [-0.05, 0) is 50.0 Å². The Morgan fingerprint density at radius 2 is 1.89 bits per heavy atom. The molecule has 1 aliphatic rings. The minimum absolute atomic E-state index is 0.382. The number of hydrogen-bond donors (Lipinski definition) is 1. The van der Waals surface area contributed by atoms with Crippen LogP contribution in [0.4, 0.5) is 5.88 Å². The van der Waals surface area contributed by atoms with Crippen molar-refractivity contribution in [3.05, 3.63) is 36.0 Å². The van der Waals surface area contributed by atoms with Crippen LogP contribution in [0.1, 0.15) is 24.3 Å². The van der Waals surface area contributed by atoms with Gasteiger partial charge in [0.15, 0.2) is 0 Å². The summed E-state index contributed by atoms with van der Waals surface area (Å²) < 4.78 is 4.90. The normalized spacial score (nSPS) is 17.7. The fourth-order valence-electron chi connectivity index (χ4n) is 2.74. The monoisotopic (exact) mass is 257 g/mol. The second-order valence-corrected chi connectivity index (χ2v) is 5.30. The number of aromatic nitrogens is 1. The minimum Gasteiger partial charge on any atom is -0.367 e. The molecule has 1 fully saturated rings. The molecule has 0 radical (unpaired) electrons. The summed E-state index contributed by atoms with van der Waals surface area (Å²) in [6.45, 7) is 2.37. The van der Waals surface area contributed by atoms with Gasteiger partial charge in [0.05, 0.1) is 11.8 Å². The van der Waals surface area contributed by atoms with Crippen molar-refractivity contribution in [3.8, 4) is 11.1 Å². The van der Waals surface area contributed by atoms with Crippen molar-refractivity contribution in [1.29, 1.82) is 0 Å². The lowest BCUT2D eigenvalue weighted by atomic mass is 9.89. The summed E-state index contributed by atoms with van der Waals surface area (Å²) >= 11 is 0. The van der Waals surface area contributed by atoms with Gasteiger partial charge in [0.2, 0.25) is 5.88 Å². The average molecular weight is 257 g/mol. The third-order valence-corrected chi connectivity index (χ3v) is 4.01. The van der Waals surface area contributed by atoms with Crippen molar-refractivity contribution < 1.29 is 4.52 Å². The van der Waals surface area contributed by atoms with Gasteiger partial charge < -0.3 is 15.2 Å². The fourth-order valence-corrected chi connectivity index (χ4v) is 2.74. The minimum atomic E-state index is 0.382. The van der Waals surface area contributed by atoms with E-state index < -0.39 is 0 Å². The van der Waals surface area contributed by atoms with E-state index in [4.69, 9.17) is 10.3 Å². The maximum atomic E-state index is 5.73. The third-order valence-electron chi connectivity index (χ3n) is 4.01. The van der Waals surface area contributed by atoms with E-state index in [1.165, 1.54) is 31.5 Å². The van der Waals surface area contributed by atoms with Gasteiger partial charge >= 0.3 is 0 Å². The van der Waals surface area contributed by atoms with E-state index >= 15 is 0 Å². The molecular formula is C15H19N3O. The molecule has 2 N–H and O–H groups in total. The van der Waals surface area contributed by atoms with Crippen LogP contribution in [0.2, 0.25) is 0 Å². The fraction of sp³-hybridized carbons (Fsp3) is 0.400. The lowest BCUT2D eigenvalue weighted by Gasteiger charge is -2.29. The number of nitrogen functional groups attached to an aromatic ring is 1. The second-order valence-electron chi connectivity index (χ2n) is 5.30. The van der Waals surface area contributed by atoms with Crippen molar-refractivity contribution in [2.45, 2.75) is 18.8 Å². The van der Waals surface area contributed by atoms with Crippen LogP contribution in [0.15, 0.2) is 35.0 Å². The summed E-state index contributed by atoms with van der Waals surface area (Å²) in [4.78, 5) is 2.39. The van der Waals surface area contributed by atoms with Gasteiger partial charge in [-0.1, -0.05) is 29.4 Å². The van der Waals surface area contributed by atoms with Crippen LogP contribution in [0.25, 0.3) is 11.1 Å². The Morgan fingerprint density at radius 3 is 2.47 bits per heavy atom. The Hall–Kier alpha value is -1.81. The van der Waals surface area contributed by atoms with Crippen molar-refractivity contribution >= 4 is 5.88 Å². The molecule has 100 valence electrons. The molecule has 0 bridgehead atoms. The summed E-state index contributed by atoms with van der Waals surface area (Å²) in [5, 5.41) is 3.71. The number of likely N-dealkylation sites (tertiary alicyclic amines) is 1. The molecule has 1 aromatic carbocycles. The van der Waals surface area contributed by atoms with E-state index in [9.17, 15) is 0 Å². The van der Waals surface area contributed by atoms with Gasteiger partial charge in [0.25, 0.3) is 0 Å². The first-order chi connectivity index (χ1) is 9.24. The topological polar surface area (TPSA) is 55.3 Å². The van der Waals surface area contributed by atoms with Crippen molar-refractivity contribution in [2.75, 3.05) is 25.9 Å². The van der Waals surface area contributed by atoms with Crippen LogP contribution in [-0.2, 0) is 0 Å². The van der Waals surface area contributed by atoms with Crippen LogP contribution >= 0.6 is 0 Å². The lowest BCUT2D eigenvalue weighted by molar-refractivity contribution is 0.255. The highest BCUT2D eigenvalue weighted by molar-refractivity contribution is 5.71. The van der Waals surface area contributed by atoms with Crippen LogP contribution in [0, 0.1) is 0 Å². The Bertz CT molecular complexity index is 539. The van der Waals surface area contributed by atoms with E-state index in [0.29, 0.717) is 11.8 Å². The van der Waals surface area contributed by atoms with E-state index in [2.05, 4.69) is 41.4 Å². The molecule has 0 amide bonds. The van der Waals surface area contributed by atoms with Crippen molar-refractivity contribution in [2.24, 2.45) is 0 Å². The molecule has 0 atom stereocenters. The second kappa shape index (κ2) is 5.05. The smallest absolute Gasteiger partial charge is 0.229 e. The molecule has 2 aromatic rings. The number of benzene rings is 1. The van der Waals surface area contributed by atoms with E-state index in [-0.39, 0.29) is 0 Å². The third kappa shape index (κ3) is 2.49. The Morgan fingerprint density at radius 1 is 1.21 bits per heavy atom. The quantitative estimate of drug-likeness (QED) is 0.898. The molecule has 4 nitrogen and oxygen atoms in total. The van der Waals surface area contributed by atoms with Gasteiger partial charge in [0, 0.05) is 0 Å². The highest BCUT2D eigenvalue weighted by Crippen LogP contribution is 2.30. The number of nitrogens with zero attached hydrogens (tertiary/aromatic N) is 2. The van der Waals surface area contributed by atoms with Crippen LogP contribution in [0.3, 0.4) is 0 Å². The summed E-state index contributed by atoms with van der Waals surface area (Å²) in [6.07, 6.45) is 4.15. The largest absolute Gasteiger partial charge is 0.367 e. The van der Waals surface area contributed by atoms with Crippen molar-refractivity contribution in [1.82, 2.24) is 10.1 Å². The molecule has 2 heterocycles. The number of piperidine rings is 1. The van der Waals surface area contributed by atoms with E-state index in [1.54, 1.807) is 6.20 Å². The van der Waals surface area contributed by atoms with E-state index in [0.717, 1.165) is 11.1 Å². The van der Waals surface area contributed by atoms with Gasteiger partial charge in [-0.3, -0.25) is 0 Å². The van der Waals surface area contributed by atoms with E-state index in [1.807, 2.05) is 0 Å². The molecule has 4 heteroatoms. The summed E-state index contributed by atoms with van der Waals surface area (Å²) in [6, 6.07) is 8.63. The number of hydrogen-bond acceptors (Lipinski definition) is 4. The zero-order chi connectivity index (χ0) is 13.2. The van der Waals surface area contributed by atoms with Gasteiger partial charge in [-0.15, -0.1) is 0 Å². The molecule has 1 saturated heterocycles. The maximum Gasteiger partial charge on any atom is 0.229 e. The van der Waals surface area contributed by atoms with Crippen LogP contribution in [0.5, 0.6) is 0 Å². The molecule has 0 unspecified atom stereocenters. The van der Waals surface area contributed by atoms with Crippen LogP contribution in [-0.4, -0.2) is 30.2 Å². The Balaban J connectivity index is 1.78. The first kappa shape index (κ1) is 12.2. The predicted molar refractivity (Wildman–Crippen MR) is 75.8 cm³/mol. The maximum absolute atomic E-state index is 5.73. The summed E-state index contributed by atoms with van der Waals surface area (Å²) in [5.74, 6) is 1.07. The Labute approximate surface area is 113 Å². The molecule has 1 aromatic heterocycles. The zero-order valence-electron chi connectivity index (χ0n) is 11.2. The van der Waals surface area contributed by atoms with Gasteiger partial charge in [-0.25, -0.2) is 0 Å². The number of rotatable bonds is 2. The lowest BCUT2D eigenvalue weighted by Crippen LogP contribution is -2.29. The van der Waals surface area contributed by atoms with Crippen LogP contribution < -0.4 is 5.73 Å². The number of anilines is 1. The van der Waals surface area contributed by atoms with Gasteiger partial charge in [-0.2, -0.15) is 0 Å². The first-order valence-electron chi connectivity index (χ1n) is 6.73. The molecular weight excluding hydrogens is 238 g/mol. The SMILES string of the molecule is CN1CCC(c2ccc(-c3cnoc3N)cc2)CC1. The number of nitrogens with two attached hydrogens (primary N) is 1. The summed E-state index contributed by atoms with van der Waals surface area (Å²) in [5.41, 5.74) is 9.09. The van der Waals surface area contributed by atoms with Crippen molar-refractivity contribution in [3.63, 3.8) is 0 Å². The molecule has 1 aliphatic heterocycles. The summed E-state index contributed by atoms with van der Waals surface area (Å²) in [7, 11) is 2.19. The average Bonchev–Trinajstić information content (AvgIpc) is 2.86. The highest BCUT2D eigenvalue weighted by Gasteiger charge is 2.18. The predicted octanol–water partition coefficient (Wildman–Crippen LogP) is 2.73. The van der Waals surface area contributed by atoms with Gasteiger partial charge in [0.1, 0.15) is 0 Å². The zero-order valence-corrected chi connectivity index (χ0v) is 11.2. The molecule has 0 aliphatic carbocycles. The molecule has 0 spiro atoms. The molecule has 0 saturated carbocycles.